The van der Waals surface area contributed by atoms with E-state index < -0.39 is 0 Å². The van der Waals surface area contributed by atoms with Crippen LogP contribution in [0.5, 0.6) is 0 Å². The Hall–Kier alpha value is 0.660. The molecule has 0 radical (unpaired) electrons. The zero-order chi connectivity index (χ0) is 7.66. The van der Waals surface area contributed by atoms with Crippen LogP contribution >= 0.6 is 24.4 Å². The maximum Gasteiger partial charge on any atom is 0.00210 e. The van der Waals surface area contributed by atoms with Gasteiger partial charge in [0.15, 0.2) is 0 Å². The second-order valence-electron chi connectivity index (χ2n) is 2.19. The van der Waals surface area contributed by atoms with Crippen molar-refractivity contribution in [2.45, 2.75) is 19.3 Å². The Labute approximate surface area is 73.5 Å². The summed E-state index contributed by atoms with van der Waals surface area (Å²) in [4.78, 5) is 0. The summed E-state index contributed by atoms with van der Waals surface area (Å²) in [6, 6.07) is 0. The van der Waals surface area contributed by atoms with Gasteiger partial charge in [-0.05, 0) is 30.9 Å². The number of unbranched alkanes of at least 4 members (excludes halogenated alkanes) is 2. The standard InChI is InChI=1S/C7H17NS2/c8-4-2-1-3-6-10-7-5-9/h9H,1-8H2. The Kier molecular flexibility index (Phi) is 10.3. The van der Waals surface area contributed by atoms with Gasteiger partial charge < -0.3 is 5.73 Å². The first-order valence-corrected chi connectivity index (χ1v) is 5.59. The summed E-state index contributed by atoms with van der Waals surface area (Å²) in [5, 5.41) is 0. The number of nitrogens with two attached hydrogens (primary N) is 1. The third kappa shape index (κ3) is 8.66. The lowest BCUT2D eigenvalue weighted by molar-refractivity contribution is 0.732. The van der Waals surface area contributed by atoms with Crippen LogP contribution in [0.15, 0.2) is 0 Å². The molecule has 0 spiro atoms. The summed E-state index contributed by atoms with van der Waals surface area (Å²) < 4.78 is 0. The molecule has 10 heavy (non-hydrogen) atoms. The number of thioether (sulfide) groups is 1. The molecule has 0 unspecified atom stereocenters. The zero-order valence-electron chi connectivity index (χ0n) is 6.38. The van der Waals surface area contributed by atoms with Crippen molar-refractivity contribution in [2.24, 2.45) is 5.73 Å². The zero-order valence-corrected chi connectivity index (χ0v) is 8.09. The average molecular weight is 179 g/mol. The first-order valence-electron chi connectivity index (χ1n) is 3.80. The van der Waals surface area contributed by atoms with E-state index in [1.165, 1.54) is 30.8 Å². The fraction of sp³-hybridized carbons (Fsp3) is 1.00. The van der Waals surface area contributed by atoms with Crippen LogP contribution < -0.4 is 5.73 Å². The molecule has 0 bridgehead atoms. The van der Waals surface area contributed by atoms with Crippen molar-refractivity contribution >= 4 is 24.4 Å². The van der Waals surface area contributed by atoms with Crippen molar-refractivity contribution in [3.05, 3.63) is 0 Å². The molecule has 0 aromatic heterocycles. The van der Waals surface area contributed by atoms with Gasteiger partial charge in [0.1, 0.15) is 0 Å². The van der Waals surface area contributed by atoms with E-state index in [1.807, 2.05) is 11.8 Å². The van der Waals surface area contributed by atoms with Crippen molar-refractivity contribution in [3.8, 4) is 0 Å². The van der Waals surface area contributed by atoms with Crippen LogP contribution in [0, 0.1) is 0 Å². The molecular formula is C7H17NS2. The summed E-state index contributed by atoms with van der Waals surface area (Å²) in [5.41, 5.74) is 5.35. The van der Waals surface area contributed by atoms with Crippen molar-refractivity contribution in [3.63, 3.8) is 0 Å². The van der Waals surface area contributed by atoms with Gasteiger partial charge in [-0.1, -0.05) is 6.42 Å². The molecule has 0 aromatic carbocycles. The first-order chi connectivity index (χ1) is 4.91. The lowest BCUT2D eigenvalue weighted by atomic mass is 10.2. The molecule has 0 saturated heterocycles. The maximum absolute atomic E-state index is 5.35. The highest BCUT2D eigenvalue weighted by Gasteiger charge is 1.87. The molecule has 1 nitrogen and oxygen atoms in total. The van der Waals surface area contributed by atoms with Crippen LogP contribution in [-0.4, -0.2) is 23.8 Å². The number of rotatable bonds is 7. The SMILES string of the molecule is NCCCCCSCCS. The van der Waals surface area contributed by atoms with Gasteiger partial charge >= 0.3 is 0 Å². The highest BCUT2D eigenvalue weighted by atomic mass is 32.2. The van der Waals surface area contributed by atoms with E-state index in [0.29, 0.717) is 0 Å². The van der Waals surface area contributed by atoms with Crippen molar-refractivity contribution in [2.75, 3.05) is 23.8 Å². The molecular weight excluding hydrogens is 162 g/mol. The van der Waals surface area contributed by atoms with E-state index in [0.717, 1.165) is 12.3 Å². The number of thiol groups is 1. The summed E-state index contributed by atoms with van der Waals surface area (Å²) in [7, 11) is 0. The molecule has 0 aromatic rings. The van der Waals surface area contributed by atoms with Crippen LogP contribution in [0.2, 0.25) is 0 Å². The van der Waals surface area contributed by atoms with Gasteiger partial charge in [-0.3, -0.25) is 0 Å². The van der Waals surface area contributed by atoms with Gasteiger partial charge in [0.25, 0.3) is 0 Å². The quantitative estimate of drug-likeness (QED) is 0.460. The summed E-state index contributed by atoms with van der Waals surface area (Å²) in [5.74, 6) is 3.47. The molecule has 0 saturated carbocycles. The van der Waals surface area contributed by atoms with E-state index in [2.05, 4.69) is 12.6 Å². The molecule has 0 fully saturated rings. The Morgan fingerprint density at radius 1 is 1.10 bits per heavy atom. The summed E-state index contributed by atoms with van der Waals surface area (Å²) in [6.07, 6.45) is 3.78. The van der Waals surface area contributed by atoms with Gasteiger partial charge in [-0.2, -0.15) is 24.4 Å². The minimum Gasteiger partial charge on any atom is -0.330 e. The lowest BCUT2D eigenvalue weighted by Crippen LogP contribution is -1.98. The molecule has 0 aliphatic rings. The average Bonchev–Trinajstić information content (AvgIpc) is 1.97. The van der Waals surface area contributed by atoms with Crippen molar-refractivity contribution < 1.29 is 0 Å². The normalized spacial score (nSPS) is 10.2. The minimum absolute atomic E-state index is 0.844. The fourth-order valence-corrected chi connectivity index (χ4v) is 1.82. The smallest absolute Gasteiger partial charge is 0.00210 e. The Morgan fingerprint density at radius 2 is 1.90 bits per heavy atom. The van der Waals surface area contributed by atoms with Gasteiger partial charge in [0, 0.05) is 5.75 Å². The van der Waals surface area contributed by atoms with E-state index in [-0.39, 0.29) is 0 Å². The van der Waals surface area contributed by atoms with Crippen molar-refractivity contribution in [1.82, 2.24) is 0 Å². The van der Waals surface area contributed by atoms with E-state index in [9.17, 15) is 0 Å². The second kappa shape index (κ2) is 9.66. The Balaban J connectivity index is 2.65. The van der Waals surface area contributed by atoms with Gasteiger partial charge in [0.05, 0.1) is 0 Å². The van der Waals surface area contributed by atoms with Gasteiger partial charge in [-0.25, -0.2) is 0 Å². The van der Waals surface area contributed by atoms with E-state index in [1.54, 1.807) is 0 Å². The third-order valence-electron chi connectivity index (χ3n) is 1.23. The molecule has 0 aliphatic carbocycles. The van der Waals surface area contributed by atoms with Crippen LogP contribution in [0.1, 0.15) is 19.3 Å². The molecule has 3 heteroatoms. The van der Waals surface area contributed by atoms with Crippen LogP contribution in [0.3, 0.4) is 0 Å². The van der Waals surface area contributed by atoms with Crippen LogP contribution in [0.4, 0.5) is 0 Å². The van der Waals surface area contributed by atoms with E-state index >= 15 is 0 Å². The predicted molar refractivity (Wildman–Crippen MR) is 54.1 cm³/mol. The largest absolute Gasteiger partial charge is 0.330 e. The molecule has 0 aliphatic heterocycles. The van der Waals surface area contributed by atoms with Gasteiger partial charge in [-0.15, -0.1) is 0 Å². The first kappa shape index (κ1) is 10.7. The number of hydrogen-bond donors (Lipinski definition) is 2. The monoisotopic (exact) mass is 179 g/mol. The summed E-state index contributed by atoms with van der Waals surface area (Å²) >= 11 is 6.11. The Bertz CT molecular complexity index is 51.6. The lowest BCUT2D eigenvalue weighted by Gasteiger charge is -1.97. The van der Waals surface area contributed by atoms with Crippen molar-refractivity contribution in [1.29, 1.82) is 0 Å². The molecule has 0 atom stereocenters. The molecule has 0 rings (SSSR count). The van der Waals surface area contributed by atoms with Gasteiger partial charge in [0.2, 0.25) is 0 Å². The predicted octanol–water partition coefficient (Wildman–Crippen LogP) is 1.78. The fourth-order valence-electron chi connectivity index (χ4n) is 0.692. The Morgan fingerprint density at radius 3 is 2.50 bits per heavy atom. The third-order valence-corrected chi connectivity index (χ3v) is 2.82. The van der Waals surface area contributed by atoms with Crippen LogP contribution in [-0.2, 0) is 0 Å². The summed E-state index contributed by atoms with van der Waals surface area (Å²) in [6.45, 7) is 0.844. The number of hydrogen-bond acceptors (Lipinski definition) is 3. The second-order valence-corrected chi connectivity index (χ2v) is 3.86. The highest BCUT2D eigenvalue weighted by molar-refractivity contribution is 7.99. The molecule has 62 valence electrons. The highest BCUT2D eigenvalue weighted by Crippen LogP contribution is 2.05. The molecule has 2 N–H and O–H groups in total. The molecule has 0 amide bonds. The van der Waals surface area contributed by atoms with E-state index in [4.69, 9.17) is 5.73 Å². The maximum atomic E-state index is 5.35. The minimum atomic E-state index is 0.844. The van der Waals surface area contributed by atoms with Crippen LogP contribution in [0.25, 0.3) is 0 Å². The molecule has 0 heterocycles. The topological polar surface area (TPSA) is 26.0 Å².